The molecule has 1 aromatic heterocycles. The molecule has 1 aromatic rings. The van der Waals surface area contributed by atoms with Gasteiger partial charge >= 0.3 is 0 Å². The Hall–Kier alpha value is -1.85. The largest absolute Gasteiger partial charge is 0.370 e. The first kappa shape index (κ1) is 13.2. The minimum absolute atomic E-state index is 0.0453. The zero-order valence-corrected chi connectivity index (χ0v) is 10.4. The van der Waals surface area contributed by atoms with Crippen LogP contribution in [0.5, 0.6) is 0 Å². The molecule has 1 rings (SSSR count). The highest BCUT2D eigenvalue weighted by Gasteiger charge is 2.11. The van der Waals surface area contributed by atoms with Gasteiger partial charge in [0.25, 0.3) is 0 Å². The summed E-state index contributed by atoms with van der Waals surface area (Å²) in [5.74, 6) is 1.33. The summed E-state index contributed by atoms with van der Waals surface area (Å²) in [6.45, 7) is 7.09. The van der Waals surface area contributed by atoms with Crippen molar-refractivity contribution in [1.82, 2.24) is 15.3 Å². The maximum Gasteiger partial charge on any atom is 0.242 e. The van der Waals surface area contributed by atoms with Gasteiger partial charge in [0, 0.05) is 19.2 Å². The molecule has 1 heterocycles. The molecular weight excluding hydrogens is 218 g/mol. The fourth-order valence-electron chi connectivity index (χ4n) is 1.33. The number of hydrogen-bond acceptors (Lipinski definition) is 5. The summed E-state index contributed by atoms with van der Waals surface area (Å²) in [5.41, 5.74) is 0. The smallest absolute Gasteiger partial charge is 0.242 e. The molecule has 0 saturated carbocycles. The number of likely N-dealkylation sites (N-methyl/N-ethyl adjacent to an activating group) is 1. The Bertz CT molecular complexity index is 369. The van der Waals surface area contributed by atoms with Crippen LogP contribution in [0.25, 0.3) is 0 Å². The van der Waals surface area contributed by atoms with Crippen molar-refractivity contribution >= 4 is 17.5 Å². The summed E-state index contributed by atoms with van der Waals surface area (Å²) in [5, 5.41) is 8.85. The van der Waals surface area contributed by atoms with Gasteiger partial charge in [0.05, 0.1) is 0 Å². The van der Waals surface area contributed by atoms with Gasteiger partial charge in [-0.25, -0.2) is 9.97 Å². The number of amides is 1. The lowest BCUT2D eigenvalue weighted by atomic mass is 10.3. The molecule has 0 fully saturated rings. The predicted octanol–water partition coefficient (Wildman–Crippen LogP) is 0.845. The molecule has 0 bridgehead atoms. The summed E-state index contributed by atoms with van der Waals surface area (Å²) in [6.07, 6.45) is 1.46. The van der Waals surface area contributed by atoms with Crippen LogP contribution in [0.2, 0.25) is 0 Å². The molecule has 0 aliphatic carbocycles. The third-order valence-corrected chi connectivity index (χ3v) is 2.13. The lowest BCUT2D eigenvalue weighted by Gasteiger charge is -2.14. The third-order valence-electron chi connectivity index (χ3n) is 2.13. The first-order valence-corrected chi connectivity index (χ1v) is 5.77. The van der Waals surface area contributed by atoms with Crippen molar-refractivity contribution in [2.24, 2.45) is 0 Å². The van der Waals surface area contributed by atoms with Crippen LogP contribution in [0.1, 0.15) is 20.8 Å². The van der Waals surface area contributed by atoms with Gasteiger partial charge in [0.2, 0.25) is 5.91 Å². The topological polar surface area (TPSA) is 78.9 Å². The van der Waals surface area contributed by atoms with Crippen molar-refractivity contribution in [1.29, 1.82) is 0 Å². The van der Waals surface area contributed by atoms with Crippen molar-refractivity contribution < 1.29 is 4.79 Å². The number of anilines is 2. The number of carbonyl (C=O) groups is 1. The Morgan fingerprint density at radius 1 is 1.29 bits per heavy atom. The number of aromatic nitrogens is 2. The second kappa shape index (κ2) is 6.67. The number of nitrogens with zero attached hydrogens (tertiary/aromatic N) is 2. The summed E-state index contributed by atoms with van der Waals surface area (Å²) < 4.78 is 0. The summed E-state index contributed by atoms with van der Waals surface area (Å²) in [4.78, 5) is 19.6. The lowest BCUT2D eigenvalue weighted by Crippen LogP contribution is -2.37. The third kappa shape index (κ3) is 4.26. The number of nitrogens with one attached hydrogen (secondary N) is 3. The van der Waals surface area contributed by atoms with Crippen LogP contribution >= 0.6 is 0 Å². The van der Waals surface area contributed by atoms with Gasteiger partial charge in [0.15, 0.2) is 0 Å². The summed E-state index contributed by atoms with van der Waals surface area (Å²) >= 11 is 0. The van der Waals surface area contributed by atoms with Crippen molar-refractivity contribution in [3.8, 4) is 0 Å². The van der Waals surface area contributed by atoms with Crippen LogP contribution < -0.4 is 16.0 Å². The van der Waals surface area contributed by atoms with Crippen LogP contribution in [0.4, 0.5) is 11.6 Å². The maximum absolute atomic E-state index is 11.5. The molecule has 6 nitrogen and oxygen atoms in total. The molecule has 0 aromatic carbocycles. The zero-order chi connectivity index (χ0) is 12.7. The van der Waals surface area contributed by atoms with Crippen LogP contribution in [0, 0.1) is 0 Å². The highest BCUT2D eigenvalue weighted by atomic mass is 16.2. The van der Waals surface area contributed by atoms with Crippen LogP contribution in [-0.4, -0.2) is 35.0 Å². The van der Waals surface area contributed by atoms with E-state index in [-0.39, 0.29) is 11.9 Å². The van der Waals surface area contributed by atoms with Gasteiger partial charge in [-0.2, -0.15) is 0 Å². The molecule has 17 heavy (non-hydrogen) atoms. The molecule has 1 unspecified atom stereocenters. The molecule has 0 aliphatic heterocycles. The van der Waals surface area contributed by atoms with E-state index in [2.05, 4.69) is 25.9 Å². The quantitative estimate of drug-likeness (QED) is 0.683. The zero-order valence-electron chi connectivity index (χ0n) is 10.4. The van der Waals surface area contributed by atoms with Crippen molar-refractivity contribution in [2.75, 3.05) is 23.7 Å². The minimum Gasteiger partial charge on any atom is -0.370 e. The second-order valence-corrected chi connectivity index (χ2v) is 3.58. The summed E-state index contributed by atoms with van der Waals surface area (Å²) in [7, 11) is 0. The first-order chi connectivity index (χ1) is 8.17. The average Bonchev–Trinajstić information content (AvgIpc) is 2.30. The van der Waals surface area contributed by atoms with Gasteiger partial charge in [-0.05, 0) is 20.8 Å². The van der Waals surface area contributed by atoms with Crippen LogP contribution in [-0.2, 0) is 4.79 Å². The molecule has 0 spiro atoms. The second-order valence-electron chi connectivity index (χ2n) is 3.58. The highest BCUT2D eigenvalue weighted by Crippen LogP contribution is 2.09. The Morgan fingerprint density at radius 3 is 2.65 bits per heavy atom. The maximum atomic E-state index is 11.5. The highest BCUT2D eigenvalue weighted by molar-refractivity contribution is 5.83. The Kier molecular flexibility index (Phi) is 5.19. The van der Waals surface area contributed by atoms with E-state index in [9.17, 15) is 4.79 Å². The van der Waals surface area contributed by atoms with E-state index in [1.807, 2.05) is 13.8 Å². The molecule has 6 heteroatoms. The standard InChI is InChI=1S/C11H19N5O/c1-4-12-9-6-10(15-7-14-9)16-8(3)11(17)13-5-2/h6-8H,4-5H2,1-3H3,(H,13,17)(H2,12,14,15,16). The number of hydrogen-bond donors (Lipinski definition) is 3. The average molecular weight is 237 g/mol. The minimum atomic E-state index is -0.320. The molecule has 0 aliphatic rings. The monoisotopic (exact) mass is 237 g/mol. The van der Waals surface area contributed by atoms with E-state index in [0.29, 0.717) is 12.4 Å². The van der Waals surface area contributed by atoms with Crippen molar-refractivity contribution in [2.45, 2.75) is 26.8 Å². The first-order valence-electron chi connectivity index (χ1n) is 5.77. The molecule has 0 saturated heterocycles. The van der Waals surface area contributed by atoms with Gasteiger partial charge in [-0.1, -0.05) is 0 Å². The van der Waals surface area contributed by atoms with E-state index in [1.54, 1.807) is 13.0 Å². The van der Waals surface area contributed by atoms with Crippen LogP contribution in [0.15, 0.2) is 12.4 Å². The lowest BCUT2D eigenvalue weighted by molar-refractivity contribution is -0.121. The number of carbonyl (C=O) groups excluding carboxylic acids is 1. The molecule has 1 amide bonds. The van der Waals surface area contributed by atoms with E-state index in [4.69, 9.17) is 0 Å². The van der Waals surface area contributed by atoms with Gasteiger partial charge in [-0.15, -0.1) is 0 Å². The predicted molar refractivity (Wildman–Crippen MR) is 68.0 cm³/mol. The molecule has 3 N–H and O–H groups in total. The molecule has 94 valence electrons. The Balaban J connectivity index is 2.61. The van der Waals surface area contributed by atoms with Gasteiger partial charge < -0.3 is 16.0 Å². The van der Waals surface area contributed by atoms with E-state index in [1.165, 1.54) is 6.33 Å². The van der Waals surface area contributed by atoms with Crippen LogP contribution in [0.3, 0.4) is 0 Å². The normalized spacial score (nSPS) is 11.7. The van der Waals surface area contributed by atoms with E-state index >= 15 is 0 Å². The molecular formula is C11H19N5O. The Labute approximate surface area is 101 Å². The fourth-order valence-corrected chi connectivity index (χ4v) is 1.33. The number of rotatable bonds is 6. The summed E-state index contributed by atoms with van der Waals surface area (Å²) in [6, 6.07) is 1.46. The van der Waals surface area contributed by atoms with Gasteiger partial charge in [-0.3, -0.25) is 4.79 Å². The van der Waals surface area contributed by atoms with Crippen molar-refractivity contribution in [3.05, 3.63) is 12.4 Å². The SMILES string of the molecule is CCNC(=O)C(C)Nc1cc(NCC)ncn1. The van der Waals surface area contributed by atoms with E-state index < -0.39 is 0 Å². The Morgan fingerprint density at radius 2 is 2.00 bits per heavy atom. The van der Waals surface area contributed by atoms with Gasteiger partial charge in [0.1, 0.15) is 24.0 Å². The fraction of sp³-hybridized carbons (Fsp3) is 0.545. The van der Waals surface area contributed by atoms with E-state index in [0.717, 1.165) is 12.4 Å². The molecule has 0 radical (unpaired) electrons. The molecule has 1 atom stereocenters. The van der Waals surface area contributed by atoms with Crippen molar-refractivity contribution in [3.63, 3.8) is 0 Å².